The van der Waals surface area contributed by atoms with Crippen molar-refractivity contribution in [1.82, 2.24) is 14.9 Å². The van der Waals surface area contributed by atoms with Crippen LogP contribution < -0.4 is 11.1 Å². The maximum atomic E-state index is 12.1. The highest BCUT2D eigenvalue weighted by Crippen LogP contribution is 2.19. The maximum absolute atomic E-state index is 12.1. The van der Waals surface area contributed by atoms with Gasteiger partial charge in [-0.05, 0) is 25.0 Å². The summed E-state index contributed by atoms with van der Waals surface area (Å²) in [5.41, 5.74) is 7.55. The van der Waals surface area contributed by atoms with E-state index in [0.29, 0.717) is 13.1 Å². The van der Waals surface area contributed by atoms with E-state index in [9.17, 15) is 4.79 Å². The van der Waals surface area contributed by atoms with E-state index in [1.807, 2.05) is 35.9 Å². The number of ether oxygens (including phenoxy) is 1. The molecule has 23 heavy (non-hydrogen) atoms. The van der Waals surface area contributed by atoms with Gasteiger partial charge in [-0.25, -0.2) is 4.98 Å². The average Bonchev–Trinajstić information content (AvgIpc) is 3.10. The molecule has 0 saturated carbocycles. The molecule has 0 spiro atoms. The lowest BCUT2D eigenvalue weighted by Crippen LogP contribution is -2.35. The molecule has 2 heterocycles. The normalized spacial score (nSPS) is 19.9. The molecule has 1 amide bonds. The minimum Gasteiger partial charge on any atom is -0.364 e. The van der Waals surface area contributed by atoms with Crippen LogP contribution in [-0.2, 0) is 23.1 Å². The summed E-state index contributed by atoms with van der Waals surface area (Å²) >= 11 is 0. The highest BCUT2D eigenvalue weighted by atomic mass is 35.5. The second-order valence-corrected chi connectivity index (χ2v) is 5.35. The van der Waals surface area contributed by atoms with Gasteiger partial charge in [-0.15, -0.1) is 24.8 Å². The number of rotatable bonds is 4. The lowest BCUT2D eigenvalue weighted by molar-refractivity contribution is -0.132. The van der Waals surface area contributed by atoms with E-state index in [1.54, 1.807) is 0 Å². The molecule has 1 fully saturated rings. The van der Waals surface area contributed by atoms with Gasteiger partial charge in [0.15, 0.2) is 0 Å². The largest absolute Gasteiger partial charge is 0.364 e. The van der Waals surface area contributed by atoms with Crippen molar-refractivity contribution in [3.63, 3.8) is 0 Å². The van der Waals surface area contributed by atoms with Crippen LogP contribution in [0, 0.1) is 0 Å². The van der Waals surface area contributed by atoms with Crippen molar-refractivity contribution in [3.05, 3.63) is 30.1 Å². The average molecular weight is 361 g/mol. The van der Waals surface area contributed by atoms with Crippen molar-refractivity contribution < 1.29 is 9.53 Å². The van der Waals surface area contributed by atoms with Gasteiger partial charge < -0.3 is 20.4 Å². The minimum atomic E-state index is -0.381. The van der Waals surface area contributed by atoms with Crippen molar-refractivity contribution in [2.75, 3.05) is 6.54 Å². The molecule has 6 nitrogen and oxygen atoms in total. The number of hydrogen-bond acceptors (Lipinski definition) is 4. The number of halogens is 2. The number of aryl methyl sites for hydroxylation is 1. The topological polar surface area (TPSA) is 82.2 Å². The Morgan fingerprint density at radius 2 is 2.13 bits per heavy atom. The molecular formula is C15H22Cl2N4O2. The lowest BCUT2D eigenvalue weighted by atomic mass is 10.2. The van der Waals surface area contributed by atoms with Gasteiger partial charge in [-0.3, -0.25) is 4.79 Å². The van der Waals surface area contributed by atoms with Crippen molar-refractivity contribution in [2.24, 2.45) is 12.8 Å². The molecule has 3 N–H and O–H groups in total. The predicted octanol–water partition coefficient (Wildman–Crippen LogP) is 1.54. The number of carbonyl (C=O) groups excluding carboxylic acids is 1. The van der Waals surface area contributed by atoms with Gasteiger partial charge in [0.2, 0.25) is 5.91 Å². The number of benzene rings is 1. The zero-order chi connectivity index (χ0) is 14.8. The third kappa shape index (κ3) is 4.14. The first-order valence-electron chi connectivity index (χ1n) is 7.22. The number of nitrogens with zero attached hydrogens (tertiary/aromatic N) is 2. The number of para-hydroxylation sites is 2. The molecule has 2 aromatic rings. The van der Waals surface area contributed by atoms with Gasteiger partial charge in [0, 0.05) is 13.6 Å². The second-order valence-electron chi connectivity index (χ2n) is 5.35. The Morgan fingerprint density at radius 1 is 1.39 bits per heavy atom. The molecule has 8 heteroatoms. The summed E-state index contributed by atoms with van der Waals surface area (Å²) in [5.74, 6) is 0.746. The van der Waals surface area contributed by atoms with Crippen molar-refractivity contribution in [2.45, 2.75) is 31.6 Å². The van der Waals surface area contributed by atoms with Crippen LogP contribution in [0.4, 0.5) is 0 Å². The molecular weight excluding hydrogens is 339 g/mol. The summed E-state index contributed by atoms with van der Waals surface area (Å²) in [7, 11) is 1.95. The standard InChI is InChI=1S/C15H20N4O2.2ClH/c1-19-12-5-3-2-4-11(12)18-14(19)9-17-15(20)13-7-6-10(8-16)21-13;;/h2-5,10,13H,6-9,16H2,1H3,(H,17,20);2*1H/t10-,13+;;/m1../s1. The quantitative estimate of drug-likeness (QED) is 0.866. The fourth-order valence-electron chi connectivity index (χ4n) is 2.71. The van der Waals surface area contributed by atoms with Gasteiger partial charge in [0.1, 0.15) is 11.9 Å². The lowest BCUT2D eigenvalue weighted by Gasteiger charge is -2.12. The SMILES string of the molecule is Cl.Cl.Cn1c(CNC(=O)[C@@H]2CC[C@H](CN)O2)nc2ccccc21. The minimum absolute atomic E-state index is 0. The monoisotopic (exact) mass is 360 g/mol. The number of hydrogen-bond donors (Lipinski definition) is 2. The van der Waals surface area contributed by atoms with E-state index in [4.69, 9.17) is 10.5 Å². The van der Waals surface area contributed by atoms with E-state index in [1.165, 1.54) is 0 Å². The molecule has 2 atom stereocenters. The van der Waals surface area contributed by atoms with Gasteiger partial charge in [-0.2, -0.15) is 0 Å². The molecule has 1 saturated heterocycles. The van der Waals surface area contributed by atoms with Crippen LogP contribution in [0.15, 0.2) is 24.3 Å². The first kappa shape index (κ1) is 19.7. The van der Waals surface area contributed by atoms with Crippen LogP contribution in [-0.4, -0.2) is 34.2 Å². The number of carbonyl (C=O) groups is 1. The Bertz CT molecular complexity index is 662. The Balaban J connectivity index is 0.00000132. The van der Waals surface area contributed by atoms with Crippen LogP contribution in [0.2, 0.25) is 0 Å². The number of amides is 1. The third-order valence-corrected chi connectivity index (χ3v) is 3.96. The third-order valence-electron chi connectivity index (χ3n) is 3.96. The molecule has 1 aliphatic heterocycles. The first-order valence-corrected chi connectivity index (χ1v) is 7.22. The van der Waals surface area contributed by atoms with Crippen LogP contribution in [0.3, 0.4) is 0 Å². The Labute approximate surface area is 147 Å². The zero-order valence-electron chi connectivity index (χ0n) is 12.9. The summed E-state index contributed by atoms with van der Waals surface area (Å²) in [4.78, 5) is 16.6. The van der Waals surface area contributed by atoms with Crippen molar-refractivity contribution >= 4 is 41.8 Å². The van der Waals surface area contributed by atoms with Gasteiger partial charge >= 0.3 is 0 Å². The highest BCUT2D eigenvalue weighted by molar-refractivity contribution is 5.85. The molecule has 0 unspecified atom stereocenters. The fourth-order valence-corrected chi connectivity index (χ4v) is 2.71. The Kier molecular flexibility index (Phi) is 7.28. The Hall–Kier alpha value is -1.34. The predicted molar refractivity (Wildman–Crippen MR) is 94.0 cm³/mol. The van der Waals surface area contributed by atoms with E-state index < -0.39 is 0 Å². The molecule has 0 radical (unpaired) electrons. The van der Waals surface area contributed by atoms with Gasteiger partial charge in [0.05, 0.1) is 23.7 Å². The van der Waals surface area contributed by atoms with Crippen LogP contribution in [0.1, 0.15) is 18.7 Å². The summed E-state index contributed by atoms with van der Waals surface area (Å²) in [6.45, 7) is 0.867. The van der Waals surface area contributed by atoms with E-state index in [2.05, 4.69) is 10.3 Å². The number of nitrogens with two attached hydrogens (primary N) is 1. The van der Waals surface area contributed by atoms with Gasteiger partial charge in [-0.1, -0.05) is 12.1 Å². The summed E-state index contributed by atoms with van der Waals surface area (Å²) in [5, 5.41) is 2.90. The molecule has 0 aliphatic carbocycles. The molecule has 0 bridgehead atoms. The van der Waals surface area contributed by atoms with E-state index >= 15 is 0 Å². The second kappa shape index (κ2) is 8.49. The molecule has 1 aliphatic rings. The van der Waals surface area contributed by atoms with Gasteiger partial charge in [0.25, 0.3) is 0 Å². The molecule has 3 rings (SSSR count). The zero-order valence-corrected chi connectivity index (χ0v) is 14.5. The number of aromatic nitrogens is 2. The van der Waals surface area contributed by atoms with E-state index in [-0.39, 0.29) is 42.9 Å². The molecule has 1 aromatic carbocycles. The van der Waals surface area contributed by atoms with Crippen LogP contribution in [0.5, 0.6) is 0 Å². The maximum Gasteiger partial charge on any atom is 0.249 e. The van der Waals surface area contributed by atoms with Crippen LogP contribution in [0.25, 0.3) is 11.0 Å². The van der Waals surface area contributed by atoms with Crippen molar-refractivity contribution in [1.29, 1.82) is 0 Å². The fraction of sp³-hybridized carbons (Fsp3) is 0.467. The first-order chi connectivity index (χ1) is 10.2. The smallest absolute Gasteiger partial charge is 0.249 e. The van der Waals surface area contributed by atoms with Crippen molar-refractivity contribution in [3.8, 4) is 0 Å². The number of fused-ring (bicyclic) bond motifs is 1. The molecule has 128 valence electrons. The number of nitrogens with one attached hydrogen (secondary N) is 1. The number of imidazole rings is 1. The highest BCUT2D eigenvalue weighted by Gasteiger charge is 2.29. The summed E-state index contributed by atoms with van der Waals surface area (Å²) in [6.07, 6.45) is 1.21. The van der Waals surface area contributed by atoms with E-state index in [0.717, 1.165) is 29.7 Å². The summed E-state index contributed by atoms with van der Waals surface area (Å²) < 4.78 is 7.58. The van der Waals surface area contributed by atoms with Crippen LogP contribution >= 0.6 is 24.8 Å². The summed E-state index contributed by atoms with van der Waals surface area (Å²) in [6, 6.07) is 7.91. The molecule has 1 aromatic heterocycles. The Morgan fingerprint density at radius 3 is 2.78 bits per heavy atom.